The van der Waals surface area contributed by atoms with Crippen molar-refractivity contribution in [1.29, 1.82) is 0 Å². The molecule has 0 radical (unpaired) electrons. The SMILES string of the molecule is CCc1cccc(C)c1NC(=S)N=C(N)N(CC)CC. The lowest BCUT2D eigenvalue weighted by Crippen LogP contribution is -2.38. The largest absolute Gasteiger partial charge is 0.369 e. The first-order valence-electron chi connectivity index (χ1n) is 7.01. The average Bonchev–Trinajstić information content (AvgIpc) is 2.42. The predicted octanol–water partition coefficient (Wildman–Crippen LogP) is 2.91. The summed E-state index contributed by atoms with van der Waals surface area (Å²) in [5.74, 6) is 0.458. The Kier molecular flexibility index (Phi) is 6.45. The summed E-state index contributed by atoms with van der Waals surface area (Å²) in [6.07, 6.45) is 0.946. The number of hydrogen-bond donors (Lipinski definition) is 2. The number of hydrogen-bond acceptors (Lipinski definition) is 1. The molecule has 1 aromatic rings. The van der Waals surface area contributed by atoms with Crippen molar-refractivity contribution in [2.75, 3.05) is 18.4 Å². The van der Waals surface area contributed by atoms with Crippen LogP contribution in [-0.4, -0.2) is 29.1 Å². The summed E-state index contributed by atoms with van der Waals surface area (Å²) in [5.41, 5.74) is 9.37. The Morgan fingerprint density at radius 2 is 1.95 bits per heavy atom. The molecule has 0 saturated carbocycles. The van der Waals surface area contributed by atoms with E-state index in [0.29, 0.717) is 11.1 Å². The Bertz CT molecular complexity index is 493. The summed E-state index contributed by atoms with van der Waals surface area (Å²) in [6.45, 7) is 9.90. The van der Waals surface area contributed by atoms with Crippen LogP contribution in [0.3, 0.4) is 0 Å². The summed E-state index contributed by atoms with van der Waals surface area (Å²) >= 11 is 5.29. The van der Waals surface area contributed by atoms with Crippen molar-refractivity contribution in [2.45, 2.75) is 34.1 Å². The fourth-order valence-electron chi connectivity index (χ4n) is 2.06. The lowest BCUT2D eigenvalue weighted by Gasteiger charge is -2.20. The zero-order valence-electron chi connectivity index (χ0n) is 12.7. The van der Waals surface area contributed by atoms with E-state index < -0.39 is 0 Å². The maximum Gasteiger partial charge on any atom is 0.200 e. The van der Waals surface area contributed by atoms with E-state index in [-0.39, 0.29) is 0 Å². The van der Waals surface area contributed by atoms with E-state index in [1.54, 1.807) is 0 Å². The van der Waals surface area contributed by atoms with Crippen LogP contribution < -0.4 is 11.1 Å². The average molecular weight is 292 g/mol. The van der Waals surface area contributed by atoms with E-state index in [1.165, 1.54) is 5.56 Å². The van der Waals surface area contributed by atoms with Gasteiger partial charge in [-0.3, -0.25) is 0 Å². The van der Waals surface area contributed by atoms with E-state index >= 15 is 0 Å². The molecule has 4 nitrogen and oxygen atoms in total. The highest BCUT2D eigenvalue weighted by atomic mass is 32.1. The molecule has 1 aromatic carbocycles. The molecule has 0 bridgehead atoms. The molecule has 0 aromatic heterocycles. The fourth-order valence-corrected chi connectivity index (χ4v) is 2.25. The molecule has 5 heteroatoms. The number of thiocarbonyl (C=S) groups is 1. The summed E-state index contributed by atoms with van der Waals surface area (Å²) in [6, 6.07) is 6.20. The third kappa shape index (κ3) is 4.20. The minimum Gasteiger partial charge on any atom is -0.369 e. The van der Waals surface area contributed by atoms with Crippen molar-refractivity contribution in [3.05, 3.63) is 29.3 Å². The third-order valence-electron chi connectivity index (χ3n) is 3.28. The molecule has 0 aliphatic heterocycles. The first-order chi connectivity index (χ1) is 9.53. The van der Waals surface area contributed by atoms with Gasteiger partial charge in [0.25, 0.3) is 0 Å². The van der Waals surface area contributed by atoms with Crippen LogP contribution in [0.4, 0.5) is 5.69 Å². The Morgan fingerprint density at radius 1 is 1.30 bits per heavy atom. The van der Waals surface area contributed by atoms with E-state index in [0.717, 1.165) is 30.8 Å². The van der Waals surface area contributed by atoms with Crippen molar-refractivity contribution in [2.24, 2.45) is 10.7 Å². The number of nitrogens with one attached hydrogen (secondary N) is 1. The fraction of sp³-hybridized carbons (Fsp3) is 0.467. The predicted molar refractivity (Wildman–Crippen MR) is 91.3 cm³/mol. The molecule has 0 aliphatic carbocycles. The molecule has 0 unspecified atom stereocenters. The third-order valence-corrected chi connectivity index (χ3v) is 3.47. The number of aryl methyl sites for hydroxylation is 2. The van der Waals surface area contributed by atoms with Crippen LogP contribution in [0.1, 0.15) is 31.9 Å². The highest BCUT2D eigenvalue weighted by molar-refractivity contribution is 7.80. The van der Waals surface area contributed by atoms with Crippen molar-refractivity contribution < 1.29 is 0 Å². The monoisotopic (exact) mass is 292 g/mol. The second kappa shape index (κ2) is 7.85. The van der Waals surface area contributed by atoms with E-state index in [1.807, 2.05) is 18.7 Å². The number of nitrogens with zero attached hydrogens (tertiary/aromatic N) is 2. The maximum atomic E-state index is 5.95. The molecule has 0 atom stereocenters. The summed E-state index contributed by atoms with van der Waals surface area (Å²) in [7, 11) is 0. The second-order valence-electron chi connectivity index (χ2n) is 4.54. The number of aliphatic imine (C=N–C) groups is 1. The number of nitrogens with two attached hydrogens (primary N) is 1. The van der Waals surface area contributed by atoms with E-state index in [9.17, 15) is 0 Å². The topological polar surface area (TPSA) is 53.6 Å². The Balaban J connectivity index is 2.89. The molecule has 20 heavy (non-hydrogen) atoms. The molecule has 0 aliphatic rings. The van der Waals surface area contributed by atoms with Crippen molar-refractivity contribution in [3.8, 4) is 0 Å². The van der Waals surface area contributed by atoms with Crippen LogP contribution >= 0.6 is 12.2 Å². The van der Waals surface area contributed by atoms with Crippen LogP contribution in [-0.2, 0) is 6.42 Å². The van der Waals surface area contributed by atoms with Gasteiger partial charge < -0.3 is 16.0 Å². The zero-order chi connectivity index (χ0) is 15.1. The van der Waals surface area contributed by atoms with Gasteiger partial charge in [0.15, 0.2) is 5.96 Å². The Labute approximate surface area is 127 Å². The van der Waals surface area contributed by atoms with Gasteiger partial charge in [-0.1, -0.05) is 25.1 Å². The molecular formula is C15H24N4S. The molecule has 0 saturated heterocycles. The Morgan fingerprint density at radius 3 is 2.50 bits per heavy atom. The van der Waals surface area contributed by atoms with Crippen molar-refractivity contribution >= 4 is 29.0 Å². The smallest absolute Gasteiger partial charge is 0.200 e. The molecule has 110 valence electrons. The highest BCUT2D eigenvalue weighted by Gasteiger charge is 2.07. The highest BCUT2D eigenvalue weighted by Crippen LogP contribution is 2.21. The lowest BCUT2D eigenvalue weighted by molar-refractivity contribution is 0.461. The number of para-hydroxylation sites is 1. The van der Waals surface area contributed by atoms with Crippen LogP contribution in [0.15, 0.2) is 23.2 Å². The van der Waals surface area contributed by atoms with Crippen LogP contribution in [0, 0.1) is 6.92 Å². The van der Waals surface area contributed by atoms with E-state index in [2.05, 4.69) is 42.4 Å². The van der Waals surface area contributed by atoms with Crippen molar-refractivity contribution in [3.63, 3.8) is 0 Å². The quantitative estimate of drug-likeness (QED) is 0.509. The maximum absolute atomic E-state index is 5.95. The van der Waals surface area contributed by atoms with Gasteiger partial charge in [-0.2, -0.15) is 4.99 Å². The van der Waals surface area contributed by atoms with Crippen LogP contribution in [0.5, 0.6) is 0 Å². The van der Waals surface area contributed by atoms with Crippen molar-refractivity contribution in [1.82, 2.24) is 4.90 Å². The van der Waals surface area contributed by atoms with Gasteiger partial charge in [0.1, 0.15) is 0 Å². The summed E-state index contributed by atoms with van der Waals surface area (Å²) < 4.78 is 0. The first kappa shape index (κ1) is 16.4. The van der Waals surface area contributed by atoms with Gasteiger partial charge in [-0.05, 0) is 50.5 Å². The van der Waals surface area contributed by atoms with Crippen LogP contribution in [0.25, 0.3) is 0 Å². The summed E-state index contributed by atoms with van der Waals surface area (Å²) in [4.78, 5) is 6.24. The number of guanidine groups is 1. The molecule has 0 spiro atoms. The van der Waals surface area contributed by atoms with Gasteiger partial charge in [-0.15, -0.1) is 0 Å². The molecule has 1 rings (SSSR count). The number of anilines is 1. The van der Waals surface area contributed by atoms with Gasteiger partial charge in [0.05, 0.1) is 0 Å². The number of rotatable bonds is 4. The molecular weight excluding hydrogens is 268 g/mol. The van der Waals surface area contributed by atoms with Gasteiger partial charge in [-0.25, -0.2) is 0 Å². The van der Waals surface area contributed by atoms with Gasteiger partial charge >= 0.3 is 0 Å². The Hall–Kier alpha value is -1.62. The normalized spacial score (nSPS) is 11.3. The standard InChI is InChI=1S/C15H24N4S/c1-5-12-10-8-9-11(4)13(12)17-15(20)18-14(16)19(6-2)7-3/h8-10H,5-7H2,1-4H3,(H3,16,17,18,20). The first-order valence-corrected chi connectivity index (χ1v) is 7.42. The van der Waals surface area contributed by atoms with Crippen LogP contribution in [0.2, 0.25) is 0 Å². The van der Waals surface area contributed by atoms with Gasteiger partial charge in [0, 0.05) is 18.8 Å². The number of benzene rings is 1. The zero-order valence-corrected chi connectivity index (χ0v) is 13.5. The molecule has 0 fully saturated rings. The minimum atomic E-state index is 0.401. The van der Waals surface area contributed by atoms with Gasteiger partial charge in [0.2, 0.25) is 5.11 Å². The van der Waals surface area contributed by atoms with E-state index in [4.69, 9.17) is 18.0 Å². The summed E-state index contributed by atoms with van der Waals surface area (Å²) in [5, 5.41) is 3.60. The minimum absolute atomic E-state index is 0.401. The molecule has 0 amide bonds. The lowest BCUT2D eigenvalue weighted by atomic mass is 10.1. The molecule has 3 N–H and O–H groups in total. The molecule has 0 heterocycles. The second-order valence-corrected chi connectivity index (χ2v) is 4.92.